The standard InChI is InChI=1S/C23H26F3N5O/c1-13-15(5-4-6-17(13)23(24,25)26)14(2)28-19-16-11-30(20(32)22(3)7-8-22)12-18(16)31-10-9-27-21(31)29-19/h4-6,14H,7-12H2,1-3H3,(H,27,28,29)/t14-/m1/s1. The van der Waals surface area contributed by atoms with Crippen LogP contribution in [0.15, 0.2) is 23.2 Å². The van der Waals surface area contributed by atoms with Crippen LogP contribution in [0, 0.1) is 12.3 Å². The second kappa shape index (κ2) is 7.08. The van der Waals surface area contributed by atoms with Gasteiger partial charge in [-0.05, 0) is 43.9 Å². The van der Waals surface area contributed by atoms with Gasteiger partial charge in [0.05, 0.1) is 24.7 Å². The van der Waals surface area contributed by atoms with Gasteiger partial charge in [0.15, 0.2) is 5.49 Å². The molecule has 5 rings (SSSR count). The monoisotopic (exact) mass is 445 g/mol. The third kappa shape index (κ3) is 3.38. The van der Waals surface area contributed by atoms with E-state index < -0.39 is 17.8 Å². The van der Waals surface area contributed by atoms with Crippen molar-refractivity contribution >= 4 is 11.9 Å². The van der Waals surface area contributed by atoms with E-state index in [0.29, 0.717) is 30.1 Å². The summed E-state index contributed by atoms with van der Waals surface area (Å²) in [5, 5.41) is 3.25. The summed E-state index contributed by atoms with van der Waals surface area (Å²) >= 11 is 0. The Morgan fingerprint density at radius 1 is 1.28 bits per heavy atom. The van der Waals surface area contributed by atoms with Gasteiger partial charge in [0.25, 0.3) is 0 Å². The molecule has 3 heterocycles. The van der Waals surface area contributed by atoms with Crippen LogP contribution >= 0.6 is 0 Å². The van der Waals surface area contributed by atoms with Gasteiger partial charge in [0.1, 0.15) is 0 Å². The minimum absolute atomic E-state index is 0.154. The zero-order valence-corrected chi connectivity index (χ0v) is 18.4. The first-order valence-electron chi connectivity index (χ1n) is 10.9. The minimum atomic E-state index is -4.41. The van der Waals surface area contributed by atoms with Crippen molar-refractivity contribution in [3.63, 3.8) is 0 Å². The van der Waals surface area contributed by atoms with Gasteiger partial charge in [-0.15, -0.1) is 0 Å². The van der Waals surface area contributed by atoms with Crippen molar-refractivity contribution in [1.82, 2.24) is 14.5 Å². The molecule has 0 saturated heterocycles. The predicted octanol–water partition coefficient (Wildman–Crippen LogP) is 3.94. The summed E-state index contributed by atoms with van der Waals surface area (Å²) in [4.78, 5) is 24.3. The maximum absolute atomic E-state index is 13.4. The lowest BCUT2D eigenvalue weighted by Crippen LogP contribution is -2.32. The molecule has 0 radical (unpaired) electrons. The second-order valence-electron chi connectivity index (χ2n) is 9.31. The third-order valence-electron chi connectivity index (χ3n) is 6.97. The molecule has 1 aliphatic carbocycles. The maximum atomic E-state index is 13.4. The summed E-state index contributed by atoms with van der Waals surface area (Å²) in [6.07, 6.45) is -2.59. The van der Waals surface area contributed by atoms with Crippen LogP contribution in [-0.4, -0.2) is 26.9 Å². The molecule has 1 N–H and O–H groups in total. The van der Waals surface area contributed by atoms with Gasteiger partial charge < -0.3 is 14.8 Å². The molecule has 0 spiro atoms. The van der Waals surface area contributed by atoms with Gasteiger partial charge in [-0.3, -0.25) is 9.79 Å². The Labute approximate surface area is 184 Å². The number of halogens is 3. The van der Waals surface area contributed by atoms with Gasteiger partial charge >= 0.3 is 6.18 Å². The number of alkyl halides is 3. The van der Waals surface area contributed by atoms with E-state index in [1.165, 1.54) is 13.0 Å². The Hall–Kier alpha value is -2.84. The molecule has 1 atom stereocenters. The van der Waals surface area contributed by atoms with Crippen LogP contribution in [-0.2, 0) is 30.6 Å². The van der Waals surface area contributed by atoms with E-state index in [1.807, 2.05) is 11.8 Å². The van der Waals surface area contributed by atoms with E-state index in [9.17, 15) is 18.0 Å². The molecule has 1 aromatic heterocycles. The quantitative estimate of drug-likeness (QED) is 0.779. The SMILES string of the molecule is Cc1c([C@@H](C)N=c2nc3n(c4c2CN(C(=O)C2(C)CC2)C4)CCN3)cccc1C(F)(F)F. The van der Waals surface area contributed by atoms with E-state index in [0.717, 1.165) is 43.3 Å². The number of nitrogens with zero attached hydrogens (tertiary/aromatic N) is 4. The normalized spacial score (nSPS) is 20.1. The number of hydrogen-bond acceptors (Lipinski definition) is 4. The van der Waals surface area contributed by atoms with E-state index in [-0.39, 0.29) is 16.9 Å². The molecule has 2 aliphatic heterocycles. The average molecular weight is 445 g/mol. The summed E-state index contributed by atoms with van der Waals surface area (Å²) in [7, 11) is 0. The molecule has 2 aromatic rings. The largest absolute Gasteiger partial charge is 0.416 e. The van der Waals surface area contributed by atoms with Gasteiger partial charge in [0.2, 0.25) is 11.9 Å². The fraction of sp³-hybridized carbons (Fsp3) is 0.522. The first-order valence-corrected chi connectivity index (χ1v) is 10.9. The first kappa shape index (κ1) is 21.0. The van der Waals surface area contributed by atoms with Gasteiger partial charge in [-0.2, -0.15) is 18.2 Å². The van der Waals surface area contributed by atoms with Crippen LogP contribution in [0.5, 0.6) is 0 Å². The van der Waals surface area contributed by atoms with Crippen LogP contribution in [0.2, 0.25) is 0 Å². The van der Waals surface area contributed by atoms with Crippen LogP contribution in [0.4, 0.5) is 19.1 Å². The lowest BCUT2D eigenvalue weighted by atomic mass is 9.97. The van der Waals surface area contributed by atoms with Crippen molar-refractivity contribution in [2.24, 2.45) is 10.4 Å². The van der Waals surface area contributed by atoms with Gasteiger partial charge in [0, 0.05) is 29.8 Å². The first-order chi connectivity index (χ1) is 15.1. The topological polar surface area (TPSA) is 62.5 Å². The van der Waals surface area contributed by atoms with Crippen LogP contribution in [0.25, 0.3) is 0 Å². The Morgan fingerprint density at radius 2 is 2.03 bits per heavy atom. The number of hydrogen-bond donors (Lipinski definition) is 1. The summed E-state index contributed by atoms with van der Waals surface area (Å²) < 4.78 is 42.2. The highest BCUT2D eigenvalue weighted by Crippen LogP contribution is 2.47. The van der Waals surface area contributed by atoms with E-state index in [1.54, 1.807) is 13.0 Å². The molecule has 1 amide bonds. The molecule has 1 fully saturated rings. The highest BCUT2D eigenvalue weighted by molar-refractivity contribution is 5.85. The van der Waals surface area contributed by atoms with Gasteiger partial charge in [-0.1, -0.05) is 19.1 Å². The number of aromatic nitrogens is 2. The smallest absolute Gasteiger partial charge is 0.354 e. The molecule has 1 aromatic carbocycles. The predicted molar refractivity (Wildman–Crippen MR) is 112 cm³/mol. The molecule has 32 heavy (non-hydrogen) atoms. The van der Waals surface area contributed by atoms with Crippen molar-refractivity contribution in [1.29, 1.82) is 0 Å². The third-order valence-corrected chi connectivity index (χ3v) is 6.97. The molecule has 3 aliphatic rings. The zero-order valence-electron chi connectivity index (χ0n) is 18.4. The number of amides is 1. The maximum Gasteiger partial charge on any atom is 0.416 e. The molecule has 0 unspecified atom stereocenters. The fourth-order valence-electron chi connectivity index (χ4n) is 4.77. The molecule has 170 valence electrons. The summed E-state index contributed by atoms with van der Waals surface area (Å²) in [5.74, 6) is 0.851. The van der Waals surface area contributed by atoms with Crippen LogP contribution in [0.1, 0.15) is 60.7 Å². The van der Waals surface area contributed by atoms with Gasteiger partial charge in [-0.25, -0.2) is 0 Å². The number of nitrogens with one attached hydrogen (secondary N) is 1. The number of rotatable bonds is 3. The summed E-state index contributed by atoms with van der Waals surface area (Å²) in [5.41, 5.74) is 2.21. The Bertz CT molecular complexity index is 1180. The van der Waals surface area contributed by atoms with Crippen molar-refractivity contribution in [2.45, 2.75) is 65.5 Å². The van der Waals surface area contributed by atoms with E-state index >= 15 is 0 Å². The molecular formula is C23H26F3N5O. The number of carbonyl (C=O) groups excluding carboxylic acids is 1. The molecular weight excluding hydrogens is 419 g/mol. The Kier molecular flexibility index (Phi) is 4.65. The number of carbonyl (C=O) groups is 1. The molecule has 9 heteroatoms. The number of fused-ring (bicyclic) bond motifs is 3. The summed E-state index contributed by atoms with van der Waals surface area (Å²) in [6.45, 7) is 7.74. The van der Waals surface area contributed by atoms with Crippen molar-refractivity contribution in [3.05, 3.63) is 51.6 Å². The molecule has 6 nitrogen and oxygen atoms in total. The lowest BCUT2D eigenvalue weighted by molar-refractivity contribution is -0.138. The van der Waals surface area contributed by atoms with Crippen LogP contribution in [0.3, 0.4) is 0 Å². The van der Waals surface area contributed by atoms with Crippen LogP contribution < -0.4 is 10.8 Å². The van der Waals surface area contributed by atoms with Crippen molar-refractivity contribution in [2.75, 3.05) is 11.9 Å². The number of anilines is 1. The Morgan fingerprint density at radius 3 is 2.72 bits per heavy atom. The molecule has 1 saturated carbocycles. The lowest BCUT2D eigenvalue weighted by Gasteiger charge is -2.19. The second-order valence-corrected chi connectivity index (χ2v) is 9.31. The van der Waals surface area contributed by atoms with E-state index in [4.69, 9.17) is 4.99 Å². The fourth-order valence-corrected chi connectivity index (χ4v) is 4.77. The minimum Gasteiger partial charge on any atom is -0.354 e. The zero-order chi connectivity index (χ0) is 22.8. The number of benzene rings is 1. The van der Waals surface area contributed by atoms with Crippen molar-refractivity contribution < 1.29 is 18.0 Å². The summed E-state index contributed by atoms with van der Waals surface area (Å²) in [6, 6.07) is 3.69. The highest BCUT2D eigenvalue weighted by atomic mass is 19.4. The highest BCUT2D eigenvalue weighted by Gasteiger charge is 2.48. The van der Waals surface area contributed by atoms with E-state index in [2.05, 4.69) is 14.9 Å². The molecule has 0 bridgehead atoms. The Balaban J connectivity index is 1.56. The average Bonchev–Trinajstić information content (AvgIpc) is 3.14. The van der Waals surface area contributed by atoms with Crippen molar-refractivity contribution in [3.8, 4) is 0 Å².